The molecule has 0 saturated carbocycles. The standard InChI is InChI=1S/C23H24N2O7/c1-30-21(27)16-10-17(22(28)31-2)12-18(11-16)24-20(26)13-19-23(29)32-9-8-25(19)14-15-6-4-3-5-7-15/h3-7,10-12,19H,8-9,13-14H2,1-2H3,(H,24,26)/t19-/m1/s1. The quantitative estimate of drug-likeness (QED) is 0.514. The summed E-state index contributed by atoms with van der Waals surface area (Å²) in [6.07, 6.45) is -0.151. The molecule has 0 unspecified atom stereocenters. The van der Waals surface area contributed by atoms with Crippen molar-refractivity contribution in [2.75, 3.05) is 32.7 Å². The largest absolute Gasteiger partial charge is 0.465 e. The second kappa shape index (κ2) is 10.5. The fraction of sp³-hybridized carbons (Fsp3) is 0.304. The summed E-state index contributed by atoms with van der Waals surface area (Å²) in [5.74, 6) is -2.28. The van der Waals surface area contributed by atoms with E-state index in [1.807, 2.05) is 35.2 Å². The summed E-state index contributed by atoms with van der Waals surface area (Å²) >= 11 is 0. The molecule has 0 aromatic heterocycles. The van der Waals surface area contributed by atoms with Gasteiger partial charge in [0.1, 0.15) is 12.6 Å². The van der Waals surface area contributed by atoms with Crippen LogP contribution in [0.5, 0.6) is 0 Å². The van der Waals surface area contributed by atoms with E-state index in [0.717, 1.165) is 5.56 Å². The molecule has 1 atom stereocenters. The number of nitrogens with zero attached hydrogens (tertiary/aromatic N) is 1. The number of carbonyl (C=O) groups excluding carboxylic acids is 4. The van der Waals surface area contributed by atoms with Gasteiger partial charge in [0.05, 0.1) is 31.8 Å². The number of rotatable bonds is 7. The van der Waals surface area contributed by atoms with E-state index in [2.05, 4.69) is 5.32 Å². The molecule has 0 radical (unpaired) electrons. The Morgan fingerprint density at radius 1 is 1.03 bits per heavy atom. The summed E-state index contributed by atoms with van der Waals surface area (Å²) in [7, 11) is 2.42. The number of ether oxygens (including phenoxy) is 3. The fourth-order valence-electron chi connectivity index (χ4n) is 3.44. The Labute approximate surface area is 185 Å². The van der Waals surface area contributed by atoms with Gasteiger partial charge in [-0.05, 0) is 23.8 Å². The Bertz CT molecular complexity index is 972. The molecule has 1 fully saturated rings. The summed E-state index contributed by atoms with van der Waals surface area (Å²) in [5.41, 5.74) is 1.38. The Balaban J connectivity index is 1.76. The van der Waals surface area contributed by atoms with Crippen LogP contribution >= 0.6 is 0 Å². The van der Waals surface area contributed by atoms with Crippen LogP contribution in [-0.2, 0) is 30.3 Å². The van der Waals surface area contributed by atoms with E-state index in [9.17, 15) is 19.2 Å². The third kappa shape index (κ3) is 5.70. The van der Waals surface area contributed by atoms with Gasteiger partial charge in [0.2, 0.25) is 5.91 Å². The van der Waals surface area contributed by atoms with Crippen molar-refractivity contribution in [1.29, 1.82) is 0 Å². The van der Waals surface area contributed by atoms with Crippen molar-refractivity contribution >= 4 is 29.5 Å². The lowest BCUT2D eigenvalue weighted by Crippen LogP contribution is -2.49. The zero-order valence-electron chi connectivity index (χ0n) is 17.8. The smallest absolute Gasteiger partial charge is 0.337 e. The van der Waals surface area contributed by atoms with Crippen molar-refractivity contribution in [2.24, 2.45) is 0 Å². The topological polar surface area (TPSA) is 111 Å². The van der Waals surface area contributed by atoms with Crippen LogP contribution in [0.25, 0.3) is 0 Å². The number of carbonyl (C=O) groups is 4. The molecular weight excluding hydrogens is 416 g/mol. The van der Waals surface area contributed by atoms with Gasteiger partial charge in [0.25, 0.3) is 0 Å². The van der Waals surface area contributed by atoms with E-state index in [4.69, 9.17) is 14.2 Å². The zero-order chi connectivity index (χ0) is 23.1. The summed E-state index contributed by atoms with van der Waals surface area (Å²) in [5, 5.41) is 2.64. The van der Waals surface area contributed by atoms with Gasteiger partial charge in [-0.15, -0.1) is 0 Å². The van der Waals surface area contributed by atoms with Gasteiger partial charge < -0.3 is 19.5 Å². The molecule has 0 bridgehead atoms. The minimum Gasteiger partial charge on any atom is -0.465 e. The molecular formula is C23H24N2O7. The number of morpholine rings is 1. The van der Waals surface area contributed by atoms with Crippen LogP contribution in [0.2, 0.25) is 0 Å². The molecule has 0 aliphatic carbocycles. The van der Waals surface area contributed by atoms with Crippen LogP contribution in [-0.4, -0.2) is 62.1 Å². The van der Waals surface area contributed by atoms with Crippen molar-refractivity contribution in [1.82, 2.24) is 4.90 Å². The van der Waals surface area contributed by atoms with E-state index >= 15 is 0 Å². The molecule has 2 aromatic rings. The van der Waals surface area contributed by atoms with Crippen molar-refractivity contribution in [3.05, 3.63) is 65.2 Å². The monoisotopic (exact) mass is 440 g/mol. The highest BCUT2D eigenvalue weighted by atomic mass is 16.5. The van der Waals surface area contributed by atoms with Crippen molar-refractivity contribution in [3.8, 4) is 0 Å². The van der Waals surface area contributed by atoms with E-state index in [1.165, 1.54) is 32.4 Å². The first-order valence-electron chi connectivity index (χ1n) is 9.97. The lowest BCUT2D eigenvalue weighted by molar-refractivity contribution is -0.159. The predicted octanol–water partition coefficient (Wildman–Crippen LogP) is 2.02. The van der Waals surface area contributed by atoms with Crippen molar-refractivity contribution in [2.45, 2.75) is 19.0 Å². The summed E-state index contributed by atoms with van der Waals surface area (Å²) < 4.78 is 14.6. The molecule has 1 amide bonds. The maximum absolute atomic E-state index is 12.7. The molecule has 9 heteroatoms. The third-order valence-corrected chi connectivity index (χ3v) is 5.00. The predicted molar refractivity (Wildman–Crippen MR) is 114 cm³/mol. The first-order valence-corrected chi connectivity index (χ1v) is 9.97. The van der Waals surface area contributed by atoms with Gasteiger partial charge in [-0.1, -0.05) is 30.3 Å². The number of nitrogens with one attached hydrogen (secondary N) is 1. The minimum absolute atomic E-state index is 0.0773. The first-order chi connectivity index (χ1) is 15.4. The van der Waals surface area contributed by atoms with Crippen LogP contribution in [0, 0.1) is 0 Å². The number of methoxy groups -OCH3 is 2. The van der Waals surface area contributed by atoms with Gasteiger partial charge >= 0.3 is 17.9 Å². The van der Waals surface area contributed by atoms with Crippen LogP contribution in [0.15, 0.2) is 48.5 Å². The number of amides is 1. The number of hydrogen-bond donors (Lipinski definition) is 1. The number of benzene rings is 2. The Kier molecular flexibility index (Phi) is 7.56. The lowest BCUT2D eigenvalue weighted by atomic mass is 10.1. The van der Waals surface area contributed by atoms with Gasteiger partial charge in [-0.25, -0.2) is 9.59 Å². The van der Waals surface area contributed by atoms with E-state index in [-0.39, 0.29) is 29.8 Å². The molecule has 9 nitrogen and oxygen atoms in total. The second-order valence-electron chi connectivity index (χ2n) is 7.17. The molecule has 1 aliphatic rings. The highest BCUT2D eigenvalue weighted by molar-refractivity contribution is 6.00. The van der Waals surface area contributed by atoms with Gasteiger partial charge in [-0.3, -0.25) is 14.5 Å². The molecule has 3 rings (SSSR count). The lowest BCUT2D eigenvalue weighted by Gasteiger charge is -2.33. The molecule has 1 heterocycles. The van der Waals surface area contributed by atoms with E-state index in [1.54, 1.807) is 0 Å². The molecule has 1 N–H and O–H groups in total. The van der Waals surface area contributed by atoms with Crippen molar-refractivity contribution < 1.29 is 33.4 Å². The van der Waals surface area contributed by atoms with Gasteiger partial charge in [-0.2, -0.15) is 0 Å². The SMILES string of the molecule is COC(=O)c1cc(NC(=O)C[C@@H]2C(=O)OCCN2Cc2ccccc2)cc(C(=O)OC)c1. The maximum atomic E-state index is 12.7. The number of hydrogen-bond acceptors (Lipinski definition) is 8. The highest BCUT2D eigenvalue weighted by Crippen LogP contribution is 2.20. The molecule has 168 valence electrons. The number of esters is 3. The van der Waals surface area contributed by atoms with Crippen molar-refractivity contribution in [3.63, 3.8) is 0 Å². The normalized spacial score (nSPS) is 16.1. The van der Waals surface area contributed by atoms with Crippen LogP contribution < -0.4 is 5.32 Å². The zero-order valence-corrected chi connectivity index (χ0v) is 17.8. The summed E-state index contributed by atoms with van der Waals surface area (Å²) in [6.45, 7) is 1.26. The Hall–Kier alpha value is -3.72. The Morgan fingerprint density at radius 2 is 1.66 bits per heavy atom. The molecule has 0 spiro atoms. The van der Waals surface area contributed by atoms with Crippen LogP contribution in [0.4, 0.5) is 5.69 Å². The second-order valence-corrected chi connectivity index (χ2v) is 7.17. The number of anilines is 1. The molecule has 1 saturated heterocycles. The fourth-order valence-corrected chi connectivity index (χ4v) is 3.44. The van der Waals surface area contributed by atoms with Crippen LogP contribution in [0.1, 0.15) is 32.7 Å². The van der Waals surface area contributed by atoms with E-state index < -0.39 is 29.9 Å². The Morgan fingerprint density at radius 3 is 2.25 bits per heavy atom. The van der Waals surface area contributed by atoms with Gasteiger partial charge in [0, 0.05) is 18.8 Å². The molecule has 1 aliphatic heterocycles. The summed E-state index contributed by atoms with van der Waals surface area (Å²) in [6, 6.07) is 12.9. The minimum atomic E-state index is -0.757. The maximum Gasteiger partial charge on any atom is 0.337 e. The van der Waals surface area contributed by atoms with Crippen LogP contribution in [0.3, 0.4) is 0 Å². The third-order valence-electron chi connectivity index (χ3n) is 5.00. The highest BCUT2D eigenvalue weighted by Gasteiger charge is 2.33. The number of cyclic esters (lactones) is 1. The summed E-state index contributed by atoms with van der Waals surface area (Å²) in [4.78, 5) is 50.9. The van der Waals surface area contributed by atoms with E-state index in [0.29, 0.717) is 13.1 Å². The van der Waals surface area contributed by atoms with Gasteiger partial charge in [0.15, 0.2) is 0 Å². The molecule has 2 aromatic carbocycles. The average Bonchev–Trinajstić information content (AvgIpc) is 2.80. The first kappa shape index (κ1) is 23.0. The average molecular weight is 440 g/mol. The molecule has 32 heavy (non-hydrogen) atoms.